The van der Waals surface area contributed by atoms with Crippen molar-refractivity contribution in [2.75, 3.05) is 27.4 Å². The zero-order valence-corrected chi connectivity index (χ0v) is 22.7. The van der Waals surface area contributed by atoms with E-state index in [0.717, 1.165) is 11.1 Å². The normalized spacial score (nSPS) is 27.2. The molecule has 1 aliphatic heterocycles. The van der Waals surface area contributed by atoms with Crippen molar-refractivity contribution >= 4 is 20.2 Å². The van der Waals surface area contributed by atoms with Gasteiger partial charge in [0.2, 0.25) is 11.6 Å². The van der Waals surface area contributed by atoms with Gasteiger partial charge in [0.15, 0.2) is 0 Å². The molecule has 0 radical (unpaired) electrons. The third-order valence-electron chi connectivity index (χ3n) is 6.17. The number of ether oxygens (including phenoxy) is 4. The van der Waals surface area contributed by atoms with Gasteiger partial charge < -0.3 is 18.9 Å². The lowest BCUT2D eigenvalue weighted by atomic mass is 10.0. The molecule has 0 bridgehead atoms. The Hall–Kier alpha value is -1.90. The summed E-state index contributed by atoms with van der Waals surface area (Å²) >= 11 is 0. The summed E-state index contributed by atoms with van der Waals surface area (Å²) < 4.78 is 84.5. The van der Waals surface area contributed by atoms with E-state index in [9.17, 15) is 16.8 Å². The second-order valence-electron chi connectivity index (χ2n) is 8.72. The maximum absolute atomic E-state index is 12.7. The highest BCUT2D eigenvalue weighted by Crippen LogP contribution is 2.39. The SMILES string of the molecule is CO[C@@]1(C)O[C@H](COS(=O)(=O)c2ccc(C)cc2)[C@H](COS(=O)(=O)c2ccc(C)cc2)O[C@@]1(C)OC. The van der Waals surface area contributed by atoms with E-state index in [-0.39, 0.29) is 9.79 Å². The van der Waals surface area contributed by atoms with Crippen LogP contribution in [0.2, 0.25) is 0 Å². The van der Waals surface area contributed by atoms with Crippen LogP contribution in [-0.2, 0) is 47.5 Å². The van der Waals surface area contributed by atoms with Crippen molar-refractivity contribution in [2.45, 2.75) is 61.3 Å². The van der Waals surface area contributed by atoms with Crippen LogP contribution in [0.15, 0.2) is 58.3 Å². The maximum atomic E-state index is 12.7. The predicted octanol–water partition coefficient (Wildman–Crippen LogP) is 2.92. The highest BCUT2D eigenvalue weighted by Gasteiger charge is 2.57. The lowest BCUT2D eigenvalue weighted by Crippen LogP contribution is -2.66. The molecule has 200 valence electrons. The molecule has 1 heterocycles. The number of aryl methyl sites for hydroxylation is 2. The fourth-order valence-corrected chi connectivity index (χ4v) is 5.39. The van der Waals surface area contributed by atoms with E-state index in [1.807, 2.05) is 13.8 Å². The zero-order valence-electron chi connectivity index (χ0n) is 21.1. The first-order valence-electron chi connectivity index (χ1n) is 11.1. The van der Waals surface area contributed by atoms with Gasteiger partial charge in [0.25, 0.3) is 20.2 Å². The van der Waals surface area contributed by atoms with Gasteiger partial charge in [0.1, 0.15) is 12.2 Å². The molecule has 2 aromatic carbocycles. The van der Waals surface area contributed by atoms with Gasteiger partial charge in [-0.15, -0.1) is 0 Å². The fraction of sp³-hybridized carbons (Fsp3) is 0.500. The molecule has 0 saturated carbocycles. The number of hydrogen-bond acceptors (Lipinski definition) is 10. The molecule has 0 N–H and O–H groups in total. The van der Waals surface area contributed by atoms with E-state index in [1.54, 1.807) is 38.1 Å². The number of benzene rings is 2. The van der Waals surface area contributed by atoms with Crippen LogP contribution < -0.4 is 0 Å². The second kappa shape index (κ2) is 10.8. The fourth-order valence-electron chi connectivity index (χ4n) is 3.55. The van der Waals surface area contributed by atoms with Crippen molar-refractivity contribution < 1.29 is 44.1 Å². The van der Waals surface area contributed by atoms with Gasteiger partial charge >= 0.3 is 0 Å². The number of methoxy groups -OCH3 is 2. The molecule has 0 aromatic heterocycles. The van der Waals surface area contributed by atoms with E-state index < -0.39 is 57.2 Å². The van der Waals surface area contributed by atoms with Crippen molar-refractivity contribution in [3.8, 4) is 0 Å². The molecular weight excluding hydrogens is 512 g/mol. The topological polar surface area (TPSA) is 124 Å². The van der Waals surface area contributed by atoms with Crippen LogP contribution >= 0.6 is 0 Å². The Balaban J connectivity index is 1.83. The Morgan fingerprint density at radius 1 is 0.667 bits per heavy atom. The lowest BCUT2D eigenvalue weighted by Gasteiger charge is -2.51. The number of rotatable bonds is 10. The standard InChI is InChI=1S/C24H32O10S2/c1-17-7-11-19(12-8-17)35(25,26)31-15-21-22(34-24(4,30-6)23(3,29-5)33-21)16-32-36(27,28)20-13-9-18(2)10-14-20/h7-14,21-22H,15-16H2,1-6H3/t21-,22+,23+,24-. The molecule has 36 heavy (non-hydrogen) atoms. The van der Waals surface area contributed by atoms with E-state index in [0.29, 0.717) is 0 Å². The van der Waals surface area contributed by atoms with Gasteiger partial charge in [-0.1, -0.05) is 35.4 Å². The zero-order chi connectivity index (χ0) is 26.8. The Morgan fingerprint density at radius 3 is 1.25 bits per heavy atom. The van der Waals surface area contributed by atoms with Gasteiger partial charge in [0.05, 0.1) is 23.0 Å². The minimum absolute atomic E-state index is 0.0317. The molecule has 1 fully saturated rings. The molecule has 0 amide bonds. The molecule has 0 unspecified atom stereocenters. The molecule has 0 aliphatic carbocycles. The highest BCUT2D eigenvalue weighted by atomic mass is 32.2. The van der Waals surface area contributed by atoms with E-state index in [1.165, 1.54) is 38.5 Å². The van der Waals surface area contributed by atoms with Crippen LogP contribution in [0.25, 0.3) is 0 Å². The van der Waals surface area contributed by atoms with Gasteiger partial charge in [0, 0.05) is 14.2 Å². The molecule has 1 saturated heterocycles. The van der Waals surface area contributed by atoms with E-state index in [4.69, 9.17) is 27.3 Å². The predicted molar refractivity (Wildman–Crippen MR) is 129 cm³/mol. The molecule has 4 atom stereocenters. The summed E-state index contributed by atoms with van der Waals surface area (Å²) in [5.74, 6) is -2.95. The quantitative estimate of drug-likeness (QED) is 0.412. The van der Waals surface area contributed by atoms with E-state index >= 15 is 0 Å². The summed E-state index contributed by atoms with van der Waals surface area (Å²) in [4.78, 5) is -0.0633. The summed E-state index contributed by atoms with van der Waals surface area (Å²) in [6.45, 7) is 5.79. The minimum atomic E-state index is -4.14. The van der Waals surface area contributed by atoms with Crippen LogP contribution in [0.5, 0.6) is 0 Å². The highest BCUT2D eigenvalue weighted by molar-refractivity contribution is 7.87. The third-order valence-corrected chi connectivity index (χ3v) is 8.76. The number of hydrogen-bond donors (Lipinski definition) is 0. The van der Waals surface area contributed by atoms with Crippen LogP contribution in [0.4, 0.5) is 0 Å². The summed E-state index contributed by atoms with van der Waals surface area (Å²) in [5, 5.41) is 0. The first kappa shape index (κ1) is 28.7. The van der Waals surface area contributed by atoms with Gasteiger partial charge in [-0.3, -0.25) is 8.37 Å². The second-order valence-corrected chi connectivity index (χ2v) is 11.9. The van der Waals surface area contributed by atoms with Crippen LogP contribution in [0, 0.1) is 13.8 Å². The molecule has 1 aliphatic rings. The monoisotopic (exact) mass is 544 g/mol. The minimum Gasteiger partial charge on any atom is -0.349 e. The summed E-state index contributed by atoms with van der Waals surface area (Å²) in [7, 11) is -5.52. The Morgan fingerprint density at radius 2 is 0.972 bits per heavy atom. The summed E-state index contributed by atoms with van der Waals surface area (Å²) in [6, 6.07) is 12.3. The average molecular weight is 545 g/mol. The van der Waals surface area contributed by atoms with Crippen molar-refractivity contribution in [1.82, 2.24) is 0 Å². The van der Waals surface area contributed by atoms with Gasteiger partial charge in [-0.05, 0) is 52.0 Å². The molecular formula is C24H32O10S2. The lowest BCUT2D eigenvalue weighted by molar-refractivity contribution is -0.450. The third kappa shape index (κ3) is 6.14. The van der Waals surface area contributed by atoms with Crippen molar-refractivity contribution in [1.29, 1.82) is 0 Å². The van der Waals surface area contributed by atoms with Crippen molar-refractivity contribution in [3.05, 3.63) is 59.7 Å². The first-order chi connectivity index (χ1) is 16.7. The maximum Gasteiger partial charge on any atom is 0.297 e. The Labute approximate surface area is 212 Å². The molecule has 10 nitrogen and oxygen atoms in total. The van der Waals surface area contributed by atoms with Gasteiger partial charge in [-0.25, -0.2) is 0 Å². The Bertz CT molecular complexity index is 1140. The van der Waals surface area contributed by atoms with E-state index in [2.05, 4.69) is 0 Å². The van der Waals surface area contributed by atoms with Crippen LogP contribution in [0.1, 0.15) is 25.0 Å². The molecule has 0 spiro atoms. The molecule has 12 heteroatoms. The van der Waals surface area contributed by atoms with Crippen molar-refractivity contribution in [3.63, 3.8) is 0 Å². The molecule has 2 aromatic rings. The van der Waals surface area contributed by atoms with Crippen LogP contribution in [-0.4, -0.2) is 68.1 Å². The van der Waals surface area contributed by atoms with Crippen molar-refractivity contribution in [2.24, 2.45) is 0 Å². The first-order valence-corrected chi connectivity index (χ1v) is 13.9. The smallest absolute Gasteiger partial charge is 0.297 e. The Kier molecular flexibility index (Phi) is 8.63. The summed E-state index contributed by atoms with van der Waals surface area (Å²) in [6.07, 6.45) is -2.18. The van der Waals surface area contributed by atoms with Gasteiger partial charge in [-0.2, -0.15) is 16.8 Å². The van der Waals surface area contributed by atoms with Crippen LogP contribution in [0.3, 0.4) is 0 Å². The summed E-state index contributed by atoms with van der Waals surface area (Å²) in [5.41, 5.74) is 1.78. The largest absolute Gasteiger partial charge is 0.349 e. The average Bonchev–Trinajstić information content (AvgIpc) is 2.84. The molecule has 3 rings (SSSR count).